The van der Waals surface area contributed by atoms with Gasteiger partial charge in [0.1, 0.15) is 0 Å². The molecule has 0 unspecified atom stereocenters. The molecule has 0 aliphatic heterocycles. The van der Waals surface area contributed by atoms with Crippen LogP contribution in [-0.4, -0.2) is 7.28 Å². The van der Waals surface area contributed by atoms with Crippen LogP contribution in [0.25, 0.3) is 0 Å². The van der Waals surface area contributed by atoms with Crippen LogP contribution in [0, 0.1) is 5.41 Å². The van der Waals surface area contributed by atoms with Crippen molar-refractivity contribution >= 4 is 12.7 Å². The molecule has 0 saturated carbocycles. The van der Waals surface area contributed by atoms with Gasteiger partial charge in [-0.2, -0.15) is 0 Å². The van der Waals surface area contributed by atoms with Crippen molar-refractivity contribution in [2.45, 2.75) is 60.8 Å². The molecule has 0 bridgehead atoms. The van der Waals surface area contributed by atoms with E-state index in [9.17, 15) is 0 Å². The number of benzene rings is 1. The molecule has 0 aliphatic rings. The maximum absolute atomic E-state index is 2.26. The highest BCUT2D eigenvalue weighted by Gasteiger charge is 2.13. The highest BCUT2D eigenvalue weighted by atomic mass is 14.2. The fraction of sp³-hybridized carbons (Fsp3) is 0.500. The summed E-state index contributed by atoms with van der Waals surface area (Å²) in [7, 11) is 1.03. The van der Waals surface area contributed by atoms with Crippen LogP contribution in [0.1, 0.15) is 61.0 Å². The van der Waals surface area contributed by atoms with Crippen LogP contribution in [0.4, 0.5) is 0 Å². The molecule has 1 aromatic rings. The third-order valence-electron chi connectivity index (χ3n) is 4.10. The van der Waals surface area contributed by atoms with Gasteiger partial charge in [-0.3, -0.25) is 0 Å². The maximum atomic E-state index is 2.26. The van der Waals surface area contributed by atoms with Crippen molar-refractivity contribution in [2.24, 2.45) is 5.41 Å². The number of rotatable bonds is 3. The maximum Gasteiger partial charge on any atom is 0.186 e. The van der Waals surface area contributed by atoms with Crippen LogP contribution in [0.5, 0.6) is 0 Å². The molecule has 0 radical (unpaired) electrons. The first-order valence-electron chi connectivity index (χ1n) is 7.94. The largest absolute Gasteiger partial charge is 0.186 e. The average molecular weight is 282 g/mol. The Morgan fingerprint density at radius 3 is 1.81 bits per heavy atom. The van der Waals surface area contributed by atoms with Gasteiger partial charge in [-0.05, 0) is 23.3 Å². The zero-order valence-electron chi connectivity index (χ0n) is 15.2. The van der Waals surface area contributed by atoms with Crippen LogP contribution in [0.15, 0.2) is 47.5 Å². The van der Waals surface area contributed by atoms with Gasteiger partial charge in [-0.15, -0.1) is 5.47 Å². The molecule has 1 heteroatoms. The van der Waals surface area contributed by atoms with Crippen molar-refractivity contribution in [1.82, 2.24) is 0 Å². The van der Waals surface area contributed by atoms with E-state index in [1.807, 2.05) is 0 Å². The molecule has 0 spiro atoms. The summed E-state index contributed by atoms with van der Waals surface area (Å²) in [6.07, 6.45) is 4.52. The lowest BCUT2D eigenvalue weighted by Gasteiger charge is -2.19. The Bertz CT molecular complexity index is 516. The lowest BCUT2D eigenvalue weighted by Crippen LogP contribution is -2.18. The molecule has 0 fully saturated rings. The molecule has 0 saturated heterocycles. The van der Waals surface area contributed by atoms with Crippen LogP contribution in [-0.2, 0) is 5.41 Å². The summed E-state index contributed by atoms with van der Waals surface area (Å²) < 4.78 is 0. The Morgan fingerprint density at radius 1 is 0.857 bits per heavy atom. The molecule has 0 aliphatic carbocycles. The monoisotopic (exact) mass is 282 g/mol. The summed E-state index contributed by atoms with van der Waals surface area (Å²) in [6.45, 7) is 18.0. The van der Waals surface area contributed by atoms with E-state index >= 15 is 0 Å². The predicted molar refractivity (Wildman–Crippen MR) is 98.9 cm³/mol. The molecule has 114 valence electrons. The lowest BCUT2D eigenvalue weighted by molar-refractivity contribution is 0.504. The van der Waals surface area contributed by atoms with Crippen LogP contribution in [0.3, 0.4) is 0 Å². The van der Waals surface area contributed by atoms with E-state index in [-0.39, 0.29) is 10.8 Å². The van der Waals surface area contributed by atoms with Gasteiger partial charge in [0.2, 0.25) is 0 Å². The Kier molecular flexibility index (Phi) is 5.67. The van der Waals surface area contributed by atoms with E-state index in [0.29, 0.717) is 0 Å². The summed E-state index contributed by atoms with van der Waals surface area (Å²) in [6, 6.07) is 9.05. The molecule has 0 atom stereocenters. The third kappa shape index (κ3) is 5.95. The molecule has 0 N–H and O–H groups in total. The van der Waals surface area contributed by atoms with Crippen molar-refractivity contribution < 1.29 is 0 Å². The minimum absolute atomic E-state index is 0.232. The molecule has 1 aromatic carbocycles. The molecule has 1 rings (SSSR count). The molecular weight excluding hydrogens is 251 g/mol. The van der Waals surface area contributed by atoms with Gasteiger partial charge < -0.3 is 0 Å². The van der Waals surface area contributed by atoms with Gasteiger partial charge in [0.15, 0.2) is 7.28 Å². The van der Waals surface area contributed by atoms with E-state index in [4.69, 9.17) is 0 Å². The summed E-state index contributed by atoms with van der Waals surface area (Å²) in [4.78, 5) is 0. The van der Waals surface area contributed by atoms with Crippen molar-refractivity contribution in [2.75, 3.05) is 0 Å². The van der Waals surface area contributed by atoms with Crippen LogP contribution < -0.4 is 5.46 Å². The third-order valence-corrected chi connectivity index (χ3v) is 4.10. The second-order valence-corrected chi connectivity index (χ2v) is 8.24. The zero-order valence-corrected chi connectivity index (χ0v) is 15.2. The Morgan fingerprint density at radius 2 is 1.38 bits per heavy atom. The van der Waals surface area contributed by atoms with Gasteiger partial charge in [0.25, 0.3) is 0 Å². The van der Waals surface area contributed by atoms with E-state index < -0.39 is 0 Å². The molecule has 0 heterocycles. The summed E-state index contributed by atoms with van der Waals surface area (Å²) >= 11 is 0. The molecular formula is C20H31B. The number of hydrogen-bond donors (Lipinski definition) is 0. The standard InChI is InChI=1S/C20H31B/c1-15(19(3,4)5)9-10-16(2)21-18-13-11-17(12-14-18)20(6,7)8/h9-14,21H,1-8H3/b15-9+,16-10+. The molecule has 0 amide bonds. The minimum atomic E-state index is 0.232. The van der Waals surface area contributed by atoms with Crippen molar-refractivity contribution in [1.29, 1.82) is 0 Å². The second-order valence-electron chi connectivity index (χ2n) is 8.24. The van der Waals surface area contributed by atoms with E-state index in [2.05, 4.69) is 91.8 Å². The summed E-state index contributed by atoms with van der Waals surface area (Å²) in [5.74, 6) is 0. The highest BCUT2D eigenvalue weighted by Crippen LogP contribution is 2.24. The Hall–Kier alpha value is -1.24. The van der Waals surface area contributed by atoms with E-state index in [0.717, 1.165) is 7.28 Å². The fourth-order valence-corrected chi connectivity index (χ4v) is 2.02. The average Bonchev–Trinajstić information content (AvgIpc) is 2.34. The molecule has 21 heavy (non-hydrogen) atoms. The van der Waals surface area contributed by atoms with Gasteiger partial charge in [-0.25, -0.2) is 0 Å². The van der Waals surface area contributed by atoms with Gasteiger partial charge in [-0.1, -0.05) is 95.9 Å². The predicted octanol–water partition coefficient (Wildman–Crippen LogP) is 4.94. The van der Waals surface area contributed by atoms with Gasteiger partial charge in [0.05, 0.1) is 0 Å². The van der Waals surface area contributed by atoms with Gasteiger partial charge >= 0.3 is 0 Å². The number of allylic oxidation sites excluding steroid dienone is 4. The first kappa shape index (κ1) is 17.8. The number of hydrogen-bond acceptors (Lipinski definition) is 0. The lowest BCUT2D eigenvalue weighted by atomic mass is 9.63. The molecule has 0 aromatic heterocycles. The van der Waals surface area contributed by atoms with E-state index in [1.165, 1.54) is 22.1 Å². The Balaban J connectivity index is 2.78. The zero-order chi connectivity index (χ0) is 16.3. The summed E-state index contributed by atoms with van der Waals surface area (Å²) in [5, 5.41) is 0. The Labute approximate surface area is 132 Å². The van der Waals surface area contributed by atoms with Crippen LogP contribution >= 0.6 is 0 Å². The SMILES string of the molecule is C/C(Bc1ccc(C(C)(C)C)cc1)=C\C=C(/C)C(C)(C)C. The van der Waals surface area contributed by atoms with Crippen molar-refractivity contribution in [3.05, 3.63) is 53.0 Å². The fourth-order valence-electron chi connectivity index (χ4n) is 2.02. The van der Waals surface area contributed by atoms with E-state index in [1.54, 1.807) is 0 Å². The van der Waals surface area contributed by atoms with Crippen molar-refractivity contribution in [3.8, 4) is 0 Å². The minimum Gasteiger partial charge on any atom is -0.103 e. The highest BCUT2D eigenvalue weighted by molar-refractivity contribution is 6.60. The van der Waals surface area contributed by atoms with Gasteiger partial charge in [0, 0.05) is 0 Å². The van der Waals surface area contributed by atoms with Crippen molar-refractivity contribution in [3.63, 3.8) is 0 Å². The summed E-state index contributed by atoms with van der Waals surface area (Å²) in [5.41, 5.74) is 6.10. The first-order valence-corrected chi connectivity index (χ1v) is 7.94. The second kappa shape index (κ2) is 6.68. The normalized spacial score (nSPS) is 14.3. The smallest absolute Gasteiger partial charge is 0.103 e. The molecule has 0 nitrogen and oxygen atoms in total. The topological polar surface area (TPSA) is 0 Å². The van der Waals surface area contributed by atoms with Crippen LogP contribution in [0.2, 0.25) is 0 Å². The quantitative estimate of drug-likeness (QED) is 0.544. The first-order chi connectivity index (χ1) is 9.50.